The van der Waals surface area contributed by atoms with Gasteiger partial charge in [-0.05, 0) is 32.0 Å². The number of hydrogen-bond acceptors (Lipinski definition) is 5. The summed E-state index contributed by atoms with van der Waals surface area (Å²) in [4.78, 5) is 12.4. The van der Waals surface area contributed by atoms with Crippen molar-refractivity contribution in [2.24, 2.45) is 0 Å². The number of sulfonamides is 1. The standard InChI is InChI=1S/C18H20ClF3N4O4S/c1-11-17(31(28,29)25-5-7-30-8-6-25)12(2)26(24-11)10-16(27)23-13-3-4-15(19)14(9-13)18(20,21)22/h3-4,9H,5-8,10H2,1-2H3,(H,23,27). The van der Waals surface area contributed by atoms with E-state index in [4.69, 9.17) is 16.3 Å². The highest BCUT2D eigenvalue weighted by Crippen LogP contribution is 2.36. The fourth-order valence-corrected chi connectivity index (χ4v) is 5.29. The van der Waals surface area contributed by atoms with E-state index < -0.39 is 32.7 Å². The second-order valence-electron chi connectivity index (χ2n) is 6.91. The number of aromatic nitrogens is 2. The summed E-state index contributed by atoms with van der Waals surface area (Å²) >= 11 is 5.58. The smallest absolute Gasteiger partial charge is 0.379 e. The summed E-state index contributed by atoms with van der Waals surface area (Å²) in [5.74, 6) is -0.670. The molecule has 2 aromatic rings. The molecule has 13 heteroatoms. The molecule has 0 atom stereocenters. The largest absolute Gasteiger partial charge is 0.417 e. The van der Waals surface area contributed by atoms with Gasteiger partial charge in [0.05, 0.1) is 35.2 Å². The van der Waals surface area contributed by atoms with Crippen LogP contribution in [0.25, 0.3) is 0 Å². The fourth-order valence-electron chi connectivity index (χ4n) is 3.28. The zero-order chi connectivity index (χ0) is 23.0. The van der Waals surface area contributed by atoms with Gasteiger partial charge in [-0.2, -0.15) is 22.6 Å². The van der Waals surface area contributed by atoms with Gasteiger partial charge in [-0.1, -0.05) is 11.6 Å². The van der Waals surface area contributed by atoms with Gasteiger partial charge >= 0.3 is 6.18 Å². The van der Waals surface area contributed by atoms with Gasteiger partial charge in [0.2, 0.25) is 15.9 Å². The predicted molar refractivity (Wildman–Crippen MR) is 106 cm³/mol. The van der Waals surface area contributed by atoms with Gasteiger partial charge in [0.25, 0.3) is 0 Å². The number of halogens is 4. The molecule has 3 rings (SSSR count). The van der Waals surface area contributed by atoms with E-state index in [9.17, 15) is 26.4 Å². The maximum absolute atomic E-state index is 13.0. The van der Waals surface area contributed by atoms with Crippen LogP contribution in [0.5, 0.6) is 0 Å². The molecule has 1 saturated heterocycles. The maximum atomic E-state index is 13.0. The van der Waals surface area contributed by atoms with E-state index >= 15 is 0 Å². The zero-order valence-electron chi connectivity index (χ0n) is 16.7. The highest BCUT2D eigenvalue weighted by atomic mass is 35.5. The van der Waals surface area contributed by atoms with E-state index in [1.165, 1.54) is 28.9 Å². The molecule has 0 unspecified atom stereocenters. The molecule has 1 aliphatic rings. The van der Waals surface area contributed by atoms with Gasteiger partial charge in [-0.3, -0.25) is 9.48 Å². The molecule has 0 radical (unpaired) electrons. The van der Waals surface area contributed by atoms with Crippen molar-refractivity contribution >= 4 is 33.2 Å². The lowest BCUT2D eigenvalue weighted by Crippen LogP contribution is -2.41. The normalized spacial score (nSPS) is 15.8. The number of aryl methyl sites for hydroxylation is 1. The Labute approximate surface area is 182 Å². The number of ether oxygens (including phenoxy) is 1. The number of carbonyl (C=O) groups excluding carboxylic acids is 1. The monoisotopic (exact) mass is 480 g/mol. The minimum absolute atomic E-state index is 0.00745. The van der Waals surface area contributed by atoms with E-state index in [1.807, 2.05) is 0 Å². The average Bonchev–Trinajstić information content (AvgIpc) is 2.96. The Bertz CT molecular complexity index is 1100. The van der Waals surface area contributed by atoms with Crippen LogP contribution in [0, 0.1) is 13.8 Å². The van der Waals surface area contributed by atoms with Gasteiger partial charge in [-0.25, -0.2) is 8.42 Å². The predicted octanol–water partition coefficient (Wildman–Crippen LogP) is 2.83. The van der Waals surface area contributed by atoms with Crippen LogP contribution in [-0.4, -0.2) is 54.7 Å². The van der Waals surface area contributed by atoms with Crippen LogP contribution >= 0.6 is 11.6 Å². The third kappa shape index (κ3) is 5.03. The number of rotatable bonds is 5. The van der Waals surface area contributed by atoms with E-state index in [0.29, 0.717) is 0 Å². The van der Waals surface area contributed by atoms with Crippen molar-refractivity contribution in [3.05, 3.63) is 40.2 Å². The lowest BCUT2D eigenvalue weighted by atomic mass is 10.2. The Morgan fingerprint density at radius 1 is 1.26 bits per heavy atom. The number of nitrogens with zero attached hydrogens (tertiary/aromatic N) is 3. The molecule has 1 amide bonds. The third-order valence-electron chi connectivity index (χ3n) is 4.73. The van der Waals surface area contributed by atoms with Crippen LogP contribution < -0.4 is 5.32 Å². The minimum Gasteiger partial charge on any atom is -0.379 e. The van der Waals surface area contributed by atoms with Crippen molar-refractivity contribution in [3.63, 3.8) is 0 Å². The third-order valence-corrected chi connectivity index (χ3v) is 7.21. The highest BCUT2D eigenvalue weighted by Gasteiger charge is 2.34. The molecule has 1 aliphatic heterocycles. The van der Waals surface area contributed by atoms with E-state index in [-0.39, 0.29) is 54.8 Å². The number of morpholine rings is 1. The zero-order valence-corrected chi connectivity index (χ0v) is 18.2. The summed E-state index contributed by atoms with van der Waals surface area (Å²) in [5.41, 5.74) is -0.685. The van der Waals surface area contributed by atoms with Crippen LogP contribution in [0.3, 0.4) is 0 Å². The van der Waals surface area contributed by atoms with Crippen molar-refractivity contribution in [1.82, 2.24) is 14.1 Å². The van der Waals surface area contributed by atoms with Crippen LogP contribution in [0.1, 0.15) is 17.0 Å². The van der Waals surface area contributed by atoms with Crippen LogP contribution in [0.4, 0.5) is 18.9 Å². The van der Waals surface area contributed by atoms with Gasteiger partial charge in [-0.15, -0.1) is 0 Å². The molecule has 0 saturated carbocycles. The van der Waals surface area contributed by atoms with E-state index in [0.717, 1.165) is 12.1 Å². The Balaban J connectivity index is 1.80. The Kier molecular flexibility index (Phi) is 6.65. The first-order chi connectivity index (χ1) is 14.4. The molecule has 8 nitrogen and oxygen atoms in total. The summed E-state index contributed by atoms with van der Waals surface area (Å²) in [7, 11) is -3.83. The van der Waals surface area contributed by atoms with Crippen LogP contribution in [0.15, 0.2) is 23.1 Å². The summed E-state index contributed by atoms with van der Waals surface area (Å²) in [6, 6.07) is 3.01. The summed E-state index contributed by atoms with van der Waals surface area (Å²) in [5, 5.41) is 6.01. The number of hydrogen-bond donors (Lipinski definition) is 1. The van der Waals surface area contributed by atoms with Crippen molar-refractivity contribution in [2.45, 2.75) is 31.5 Å². The number of carbonyl (C=O) groups is 1. The van der Waals surface area contributed by atoms with E-state index in [2.05, 4.69) is 10.4 Å². The average molecular weight is 481 g/mol. The summed E-state index contributed by atoms with van der Waals surface area (Å²) < 4.78 is 72.6. The molecule has 31 heavy (non-hydrogen) atoms. The first-order valence-electron chi connectivity index (χ1n) is 9.19. The molecule has 1 aromatic carbocycles. The summed E-state index contributed by atoms with van der Waals surface area (Å²) in [6.07, 6.45) is -4.67. The van der Waals surface area contributed by atoms with Crippen molar-refractivity contribution < 1.29 is 31.1 Å². The molecule has 0 bridgehead atoms. The number of benzene rings is 1. The minimum atomic E-state index is -4.67. The lowest BCUT2D eigenvalue weighted by molar-refractivity contribution is -0.137. The molecule has 1 aromatic heterocycles. The molecule has 1 N–H and O–H groups in total. The molecule has 1 fully saturated rings. The fraction of sp³-hybridized carbons (Fsp3) is 0.444. The SMILES string of the molecule is Cc1nn(CC(=O)Nc2ccc(Cl)c(C(F)(F)F)c2)c(C)c1S(=O)(=O)N1CCOCC1. The van der Waals surface area contributed by atoms with Crippen molar-refractivity contribution in [2.75, 3.05) is 31.6 Å². The Hall–Kier alpha value is -2.15. The Morgan fingerprint density at radius 2 is 1.90 bits per heavy atom. The van der Waals surface area contributed by atoms with Crippen LogP contribution in [-0.2, 0) is 32.3 Å². The van der Waals surface area contributed by atoms with Gasteiger partial charge in [0, 0.05) is 18.8 Å². The number of anilines is 1. The lowest BCUT2D eigenvalue weighted by Gasteiger charge is -2.26. The number of alkyl halides is 3. The Morgan fingerprint density at radius 3 is 2.52 bits per heavy atom. The second-order valence-corrected chi connectivity index (χ2v) is 9.20. The van der Waals surface area contributed by atoms with Crippen molar-refractivity contribution in [3.8, 4) is 0 Å². The summed E-state index contributed by atoms with van der Waals surface area (Å²) in [6.45, 7) is 3.66. The van der Waals surface area contributed by atoms with E-state index in [1.54, 1.807) is 0 Å². The number of nitrogens with one attached hydrogen (secondary N) is 1. The van der Waals surface area contributed by atoms with Gasteiger partial charge in [0.1, 0.15) is 11.4 Å². The maximum Gasteiger partial charge on any atom is 0.417 e. The topological polar surface area (TPSA) is 93.5 Å². The first kappa shape index (κ1) is 23.5. The quantitative estimate of drug-likeness (QED) is 0.710. The van der Waals surface area contributed by atoms with Crippen molar-refractivity contribution in [1.29, 1.82) is 0 Å². The number of amides is 1. The van der Waals surface area contributed by atoms with Gasteiger partial charge < -0.3 is 10.1 Å². The molecule has 170 valence electrons. The second kappa shape index (κ2) is 8.77. The molecule has 0 spiro atoms. The highest BCUT2D eigenvalue weighted by molar-refractivity contribution is 7.89. The molecular formula is C18H20ClF3N4O4S. The first-order valence-corrected chi connectivity index (χ1v) is 11.0. The molecule has 0 aliphatic carbocycles. The van der Waals surface area contributed by atoms with Crippen LogP contribution in [0.2, 0.25) is 5.02 Å². The molecular weight excluding hydrogens is 461 g/mol. The molecule has 2 heterocycles. The van der Waals surface area contributed by atoms with Gasteiger partial charge in [0.15, 0.2) is 0 Å².